The molecule has 4 nitrogen and oxygen atoms in total. The van der Waals surface area contributed by atoms with Gasteiger partial charge in [-0.1, -0.05) is 12.1 Å². The van der Waals surface area contributed by atoms with E-state index in [1.807, 2.05) is 38.1 Å². The van der Waals surface area contributed by atoms with Gasteiger partial charge >= 0.3 is 0 Å². The van der Waals surface area contributed by atoms with Crippen molar-refractivity contribution in [3.63, 3.8) is 0 Å². The highest BCUT2D eigenvalue weighted by atomic mass is 32.1. The largest absolute Gasteiger partial charge is 0.322 e. The van der Waals surface area contributed by atoms with Crippen molar-refractivity contribution in [3.05, 3.63) is 45.9 Å². The third-order valence-electron chi connectivity index (χ3n) is 2.82. The van der Waals surface area contributed by atoms with Gasteiger partial charge in [-0.15, -0.1) is 11.3 Å². The van der Waals surface area contributed by atoms with Crippen molar-refractivity contribution in [3.8, 4) is 0 Å². The fraction of sp³-hybridized carbons (Fsp3) is 0.286. The summed E-state index contributed by atoms with van der Waals surface area (Å²) in [6.45, 7) is 3.86. The lowest BCUT2D eigenvalue weighted by Gasteiger charge is -2.16. The van der Waals surface area contributed by atoms with E-state index >= 15 is 0 Å². The molecule has 2 aromatic rings. The highest BCUT2D eigenvalue weighted by Gasteiger charge is 2.17. The first-order valence-electron chi connectivity index (χ1n) is 6.04. The van der Waals surface area contributed by atoms with Gasteiger partial charge in [0.2, 0.25) is 0 Å². The number of anilines is 1. The van der Waals surface area contributed by atoms with Crippen LogP contribution < -0.4 is 10.6 Å². The SMILES string of the molecule is Cc1cccc(N(C)C(=O)c2csc(C(C)N)n2)c1. The van der Waals surface area contributed by atoms with Gasteiger partial charge in [0.05, 0.1) is 6.04 Å². The molecule has 0 aliphatic carbocycles. The Bertz CT molecular complexity index is 592. The van der Waals surface area contributed by atoms with Crippen molar-refractivity contribution >= 4 is 22.9 Å². The first-order valence-corrected chi connectivity index (χ1v) is 6.92. The van der Waals surface area contributed by atoms with E-state index in [4.69, 9.17) is 5.73 Å². The summed E-state index contributed by atoms with van der Waals surface area (Å²) in [5.41, 5.74) is 8.18. The number of nitrogens with two attached hydrogens (primary N) is 1. The number of nitrogens with zero attached hydrogens (tertiary/aromatic N) is 2. The Labute approximate surface area is 116 Å². The molecule has 0 saturated heterocycles. The molecular formula is C14H17N3OS. The van der Waals surface area contributed by atoms with E-state index in [-0.39, 0.29) is 11.9 Å². The van der Waals surface area contributed by atoms with Crippen LogP contribution in [-0.4, -0.2) is 17.9 Å². The monoisotopic (exact) mass is 275 g/mol. The van der Waals surface area contributed by atoms with Crippen LogP contribution in [0.25, 0.3) is 0 Å². The van der Waals surface area contributed by atoms with Gasteiger partial charge in [0.15, 0.2) is 0 Å². The van der Waals surface area contributed by atoms with Crippen molar-refractivity contribution < 1.29 is 4.79 Å². The van der Waals surface area contributed by atoms with E-state index < -0.39 is 0 Å². The van der Waals surface area contributed by atoms with Gasteiger partial charge in [0.1, 0.15) is 10.7 Å². The number of thiazole rings is 1. The fourth-order valence-corrected chi connectivity index (χ4v) is 2.47. The van der Waals surface area contributed by atoms with Crippen LogP contribution in [0.1, 0.15) is 34.0 Å². The number of hydrogen-bond donors (Lipinski definition) is 1. The topological polar surface area (TPSA) is 59.2 Å². The zero-order valence-electron chi connectivity index (χ0n) is 11.3. The summed E-state index contributed by atoms with van der Waals surface area (Å²) < 4.78 is 0. The Hall–Kier alpha value is -1.72. The molecule has 100 valence electrons. The van der Waals surface area contributed by atoms with Crippen molar-refractivity contribution in [2.24, 2.45) is 5.73 Å². The molecule has 0 aliphatic rings. The molecule has 1 unspecified atom stereocenters. The lowest BCUT2D eigenvalue weighted by molar-refractivity contribution is 0.0989. The van der Waals surface area contributed by atoms with Crippen molar-refractivity contribution in [1.29, 1.82) is 0 Å². The van der Waals surface area contributed by atoms with E-state index in [0.717, 1.165) is 16.3 Å². The highest BCUT2D eigenvalue weighted by molar-refractivity contribution is 7.09. The number of carbonyl (C=O) groups is 1. The van der Waals surface area contributed by atoms with Crippen LogP contribution in [0.4, 0.5) is 5.69 Å². The first-order chi connectivity index (χ1) is 8.99. The summed E-state index contributed by atoms with van der Waals surface area (Å²) in [6, 6.07) is 7.67. The smallest absolute Gasteiger partial charge is 0.277 e. The van der Waals surface area contributed by atoms with Crippen LogP contribution in [-0.2, 0) is 0 Å². The number of aromatic nitrogens is 1. The highest BCUT2D eigenvalue weighted by Crippen LogP contribution is 2.20. The van der Waals surface area contributed by atoms with Gasteiger partial charge in [0, 0.05) is 18.1 Å². The minimum atomic E-state index is -0.143. The third-order valence-corrected chi connectivity index (χ3v) is 3.87. The van der Waals surface area contributed by atoms with E-state index in [0.29, 0.717) is 5.69 Å². The molecule has 2 rings (SSSR count). The summed E-state index contributed by atoms with van der Waals surface area (Å²) >= 11 is 1.42. The van der Waals surface area contributed by atoms with Gasteiger partial charge in [-0.25, -0.2) is 4.98 Å². The fourth-order valence-electron chi connectivity index (χ4n) is 1.72. The maximum Gasteiger partial charge on any atom is 0.277 e. The predicted molar refractivity (Wildman–Crippen MR) is 78.6 cm³/mol. The standard InChI is InChI=1S/C14H17N3OS/c1-9-5-4-6-11(7-9)17(3)14(18)12-8-19-13(16-12)10(2)15/h4-8,10H,15H2,1-3H3. The Morgan fingerprint density at radius 1 is 1.47 bits per heavy atom. The van der Waals surface area contributed by atoms with Crippen LogP contribution in [0.3, 0.4) is 0 Å². The molecule has 5 heteroatoms. The number of carbonyl (C=O) groups excluding carboxylic acids is 1. The second-order valence-electron chi connectivity index (χ2n) is 4.56. The molecule has 0 aliphatic heterocycles. The average Bonchev–Trinajstić information content (AvgIpc) is 2.86. The third kappa shape index (κ3) is 3.00. The van der Waals surface area contributed by atoms with Gasteiger partial charge < -0.3 is 10.6 Å². The summed E-state index contributed by atoms with van der Waals surface area (Å²) in [5.74, 6) is -0.117. The summed E-state index contributed by atoms with van der Waals surface area (Å²) in [4.78, 5) is 18.2. The molecule has 2 N–H and O–H groups in total. The maximum atomic E-state index is 12.3. The molecule has 0 radical (unpaired) electrons. The van der Waals surface area contributed by atoms with Crippen LogP contribution in [0.2, 0.25) is 0 Å². The van der Waals surface area contributed by atoms with Crippen molar-refractivity contribution in [2.75, 3.05) is 11.9 Å². The van der Waals surface area contributed by atoms with Crippen LogP contribution >= 0.6 is 11.3 Å². The Morgan fingerprint density at radius 2 is 2.21 bits per heavy atom. The number of rotatable bonds is 3. The lowest BCUT2D eigenvalue weighted by atomic mass is 10.2. The van der Waals surface area contributed by atoms with Gasteiger partial charge in [-0.05, 0) is 31.5 Å². The molecule has 1 aromatic heterocycles. The molecule has 1 aromatic carbocycles. The molecule has 1 amide bonds. The second-order valence-corrected chi connectivity index (χ2v) is 5.45. The van der Waals surface area contributed by atoms with Gasteiger partial charge in [-0.2, -0.15) is 0 Å². The maximum absolute atomic E-state index is 12.3. The Kier molecular flexibility index (Phi) is 3.97. The number of benzene rings is 1. The molecule has 1 atom stereocenters. The lowest BCUT2D eigenvalue weighted by Crippen LogP contribution is -2.26. The zero-order valence-corrected chi connectivity index (χ0v) is 12.1. The first kappa shape index (κ1) is 13.7. The average molecular weight is 275 g/mol. The van der Waals surface area contributed by atoms with Gasteiger partial charge in [-0.3, -0.25) is 4.79 Å². The van der Waals surface area contributed by atoms with Crippen LogP contribution in [0.5, 0.6) is 0 Å². The minimum absolute atomic E-state index is 0.117. The zero-order chi connectivity index (χ0) is 14.0. The molecule has 19 heavy (non-hydrogen) atoms. The molecule has 0 saturated carbocycles. The summed E-state index contributed by atoms with van der Waals surface area (Å²) in [5, 5.41) is 2.54. The Balaban J connectivity index is 2.23. The summed E-state index contributed by atoms with van der Waals surface area (Å²) in [7, 11) is 1.75. The van der Waals surface area contributed by atoms with E-state index in [9.17, 15) is 4.79 Å². The van der Waals surface area contributed by atoms with Crippen molar-refractivity contribution in [2.45, 2.75) is 19.9 Å². The molecule has 0 spiro atoms. The normalized spacial score (nSPS) is 12.2. The number of aryl methyl sites for hydroxylation is 1. The van der Waals surface area contributed by atoms with Crippen molar-refractivity contribution in [1.82, 2.24) is 4.98 Å². The Morgan fingerprint density at radius 3 is 2.79 bits per heavy atom. The number of hydrogen-bond acceptors (Lipinski definition) is 4. The summed E-state index contributed by atoms with van der Waals surface area (Å²) in [6.07, 6.45) is 0. The van der Waals surface area contributed by atoms with Gasteiger partial charge in [0.25, 0.3) is 5.91 Å². The molecule has 0 bridgehead atoms. The van der Waals surface area contributed by atoms with Crippen LogP contribution in [0, 0.1) is 6.92 Å². The molecular weight excluding hydrogens is 258 g/mol. The second kappa shape index (κ2) is 5.50. The van der Waals surface area contributed by atoms with E-state index in [1.54, 1.807) is 17.3 Å². The minimum Gasteiger partial charge on any atom is -0.322 e. The quantitative estimate of drug-likeness (QED) is 0.937. The molecule has 1 heterocycles. The van der Waals surface area contributed by atoms with E-state index in [2.05, 4.69) is 4.98 Å². The van der Waals surface area contributed by atoms with E-state index in [1.165, 1.54) is 11.3 Å². The van der Waals surface area contributed by atoms with Crippen LogP contribution in [0.15, 0.2) is 29.6 Å². The number of amides is 1. The molecule has 0 fully saturated rings. The predicted octanol–water partition coefficient (Wildman–Crippen LogP) is 2.75.